The predicted octanol–water partition coefficient (Wildman–Crippen LogP) is 2.74. The molecule has 0 unspecified atom stereocenters. The summed E-state index contributed by atoms with van der Waals surface area (Å²) >= 11 is 0. The molecule has 2 nitrogen and oxygen atoms in total. The number of carbonyl (C=O) groups is 1. The molecule has 0 heterocycles. The Kier molecular flexibility index (Phi) is 4.93. The Balaban J connectivity index is 2.86. The lowest BCUT2D eigenvalue weighted by Crippen LogP contribution is -2.11. The standard InChI is InChI=1S/C14H19NO/c1-4-14(16)10-9-12-7-5-6-8-13(12)11-15(2)3/h5-10H,4,11H2,1-3H3/b10-9+. The van der Waals surface area contributed by atoms with E-state index in [0.717, 1.165) is 12.1 Å². The van der Waals surface area contributed by atoms with E-state index in [-0.39, 0.29) is 5.78 Å². The van der Waals surface area contributed by atoms with Gasteiger partial charge in [0.25, 0.3) is 0 Å². The van der Waals surface area contributed by atoms with E-state index < -0.39 is 0 Å². The van der Waals surface area contributed by atoms with Crippen molar-refractivity contribution < 1.29 is 4.79 Å². The van der Waals surface area contributed by atoms with Crippen LogP contribution >= 0.6 is 0 Å². The first-order chi connectivity index (χ1) is 7.63. The van der Waals surface area contributed by atoms with Gasteiger partial charge >= 0.3 is 0 Å². The summed E-state index contributed by atoms with van der Waals surface area (Å²) < 4.78 is 0. The van der Waals surface area contributed by atoms with E-state index in [1.165, 1.54) is 5.56 Å². The molecule has 86 valence electrons. The Hall–Kier alpha value is -1.41. The fourth-order valence-corrected chi connectivity index (χ4v) is 1.48. The highest BCUT2D eigenvalue weighted by Crippen LogP contribution is 2.12. The molecule has 0 saturated carbocycles. The first-order valence-electron chi connectivity index (χ1n) is 5.57. The average Bonchev–Trinajstić information content (AvgIpc) is 2.26. The van der Waals surface area contributed by atoms with Crippen molar-refractivity contribution in [3.8, 4) is 0 Å². The normalized spacial score (nSPS) is 11.2. The molecule has 0 N–H and O–H groups in total. The van der Waals surface area contributed by atoms with Crippen LogP contribution in [0.3, 0.4) is 0 Å². The van der Waals surface area contributed by atoms with Crippen LogP contribution in [0.4, 0.5) is 0 Å². The molecule has 0 aliphatic heterocycles. The van der Waals surface area contributed by atoms with E-state index in [1.807, 2.05) is 45.3 Å². The number of hydrogen-bond acceptors (Lipinski definition) is 2. The summed E-state index contributed by atoms with van der Waals surface area (Å²) in [6, 6.07) is 8.15. The lowest BCUT2D eigenvalue weighted by Gasteiger charge is -2.11. The molecule has 16 heavy (non-hydrogen) atoms. The molecular weight excluding hydrogens is 198 g/mol. The maximum atomic E-state index is 11.2. The topological polar surface area (TPSA) is 20.3 Å². The highest BCUT2D eigenvalue weighted by Gasteiger charge is 2.00. The third-order valence-corrected chi connectivity index (χ3v) is 2.34. The minimum Gasteiger partial charge on any atom is -0.305 e. The summed E-state index contributed by atoms with van der Waals surface area (Å²) in [5.74, 6) is 0.166. The largest absolute Gasteiger partial charge is 0.305 e. The zero-order valence-corrected chi connectivity index (χ0v) is 10.2. The SMILES string of the molecule is CCC(=O)/C=C/c1ccccc1CN(C)C. The Bertz CT molecular complexity index is 380. The Labute approximate surface area is 97.6 Å². The highest BCUT2D eigenvalue weighted by atomic mass is 16.1. The van der Waals surface area contributed by atoms with Crippen molar-refractivity contribution in [3.05, 3.63) is 41.5 Å². The minimum absolute atomic E-state index is 0.166. The lowest BCUT2D eigenvalue weighted by molar-refractivity contribution is -0.114. The van der Waals surface area contributed by atoms with Crippen LogP contribution in [-0.2, 0) is 11.3 Å². The van der Waals surface area contributed by atoms with Gasteiger partial charge in [0.2, 0.25) is 0 Å². The molecule has 1 rings (SSSR count). The van der Waals surface area contributed by atoms with Gasteiger partial charge in [-0.2, -0.15) is 0 Å². The quantitative estimate of drug-likeness (QED) is 0.707. The number of ketones is 1. The maximum absolute atomic E-state index is 11.2. The first-order valence-corrected chi connectivity index (χ1v) is 5.57. The number of allylic oxidation sites excluding steroid dienone is 1. The van der Waals surface area contributed by atoms with Gasteiger partial charge in [0, 0.05) is 13.0 Å². The molecule has 0 fully saturated rings. The van der Waals surface area contributed by atoms with Gasteiger partial charge in [0.1, 0.15) is 0 Å². The fourth-order valence-electron chi connectivity index (χ4n) is 1.48. The molecule has 0 atom stereocenters. The summed E-state index contributed by atoms with van der Waals surface area (Å²) in [5.41, 5.74) is 2.37. The maximum Gasteiger partial charge on any atom is 0.155 e. The molecule has 0 aromatic heterocycles. The van der Waals surface area contributed by atoms with Gasteiger partial charge < -0.3 is 4.90 Å². The second-order valence-electron chi connectivity index (χ2n) is 4.09. The van der Waals surface area contributed by atoms with Gasteiger partial charge in [-0.1, -0.05) is 37.3 Å². The van der Waals surface area contributed by atoms with Crippen molar-refractivity contribution in [1.82, 2.24) is 4.90 Å². The van der Waals surface area contributed by atoms with Crippen LogP contribution in [0.25, 0.3) is 6.08 Å². The summed E-state index contributed by atoms with van der Waals surface area (Å²) in [5, 5.41) is 0. The van der Waals surface area contributed by atoms with E-state index in [0.29, 0.717) is 6.42 Å². The van der Waals surface area contributed by atoms with Gasteiger partial charge in [-0.3, -0.25) is 4.79 Å². The van der Waals surface area contributed by atoms with Crippen molar-refractivity contribution in [3.63, 3.8) is 0 Å². The number of carbonyl (C=O) groups excluding carboxylic acids is 1. The third kappa shape index (κ3) is 3.99. The smallest absolute Gasteiger partial charge is 0.155 e. The molecule has 0 bridgehead atoms. The minimum atomic E-state index is 0.166. The molecule has 0 amide bonds. The van der Waals surface area contributed by atoms with E-state index in [2.05, 4.69) is 11.0 Å². The van der Waals surface area contributed by atoms with Gasteiger partial charge in [-0.15, -0.1) is 0 Å². The van der Waals surface area contributed by atoms with Crippen LogP contribution in [0.5, 0.6) is 0 Å². The number of hydrogen-bond donors (Lipinski definition) is 0. The van der Waals surface area contributed by atoms with Gasteiger partial charge in [-0.25, -0.2) is 0 Å². The summed E-state index contributed by atoms with van der Waals surface area (Å²) in [7, 11) is 4.08. The van der Waals surface area contributed by atoms with Crippen molar-refractivity contribution in [2.75, 3.05) is 14.1 Å². The van der Waals surface area contributed by atoms with Crippen LogP contribution < -0.4 is 0 Å². The Morgan fingerprint density at radius 3 is 2.62 bits per heavy atom. The van der Waals surface area contributed by atoms with E-state index in [1.54, 1.807) is 6.08 Å². The summed E-state index contributed by atoms with van der Waals surface area (Å²) in [4.78, 5) is 13.3. The summed E-state index contributed by atoms with van der Waals surface area (Å²) in [6.45, 7) is 2.76. The van der Waals surface area contributed by atoms with Crippen molar-refractivity contribution in [2.45, 2.75) is 19.9 Å². The zero-order chi connectivity index (χ0) is 12.0. The van der Waals surface area contributed by atoms with Crippen molar-refractivity contribution in [1.29, 1.82) is 0 Å². The van der Waals surface area contributed by atoms with Gasteiger partial charge in [-0.05, 0) is 31.3 Å². The van der Waals surface area contributed by atoms with Gasteiger partial charge in [0.15, 0.2) is 5.78 Å². The van der Waals surface area contributed by atoms with Crippen LogP contribution in [0, 0.1) is 0 Å². The molecule has 0 aliphatic carbocycles. The lowest BCUT2D eigenvalue weighted by atomic mass is 10.1. The van der Waals surface area contributed by atoms with Crippen LogP contribution in [0.2, 0.25) is 0 Å². The van der Waals surface area contributed by atoms with Crippen LogP contribution in [-0.4, -0.2) is 24.8 Å². The number of nitrogens with zero attached hydrogens (tertiary/aromatic N) is 1. The molecule has 0 saturated heterocycles. The second kappa shape index (κ2) is 6.23. The number of benzene rings is 1. The highest BCUT2D eigenvalue weighted by molar-refractivity contribution is 5.93. The van der Waals surface area contributed by atoms with Crippen molar-refractivity contribution in [2.24, 2.45) is 0 Å². The molecule has 1 aromatic rings. The third-order valence-electron chi connectivity index (χ3n) is 2.34. The monoisotopic (exact) mass is 217 g/mol. The number of rotatable bonds is 5. The molecule has 0 radical (unpaired) electrons. The van der Waals surface area contributed by atoms with Gasteiger partial charge in [0.05, 0.1) is 0 Å². The molecule has 0 spiro atoms. The Morgan fingerprint density at radius 1 is 1.31 bits per heavy atom. The van der Waals surface area contributed by atoms with Crippen LogP contribution in [0.1, 0.15) is 24.5 Å². The average molecular weight is 217 g/mol. The molecular formula is C14H19NO. The predicted molar refractivity (Wildman–Crippen MR) is 68.2 cm³/mol. The van der Waals surface area contributed by atoms with E-state index in [4.69, 9.17) is 0 Å². The molecule has 2 heteroatoms. The van der Waals surface area contributed by atoms with E-state index in [9.17, 15) is 4.79 Å². The zero-order valence-electron chi connectivity index (χ0n) is 10.2. The summed E-state index contributed by atoms with van der Waals surface area (Å²) in [6.07, 6.45) is 4.13. The van der Waals surface area contributed by atoms with Crippen LogP contribution in [0.15, 0.2) is 30.3 Å². The first kappa shape index (κ1) is 12.7. The molecule has 0 aliphatic rings. The molecule has 1 aromatic carbocycles. The van der Waals surface area contributed by atoms with Crippen molar-refractivity contribution >= 4 is 11.9 Å². The fraction of sp³-hybridized carbons (Fsp3) is 0.357. The second-order valence-corrected chi connectivity index (χ2v) is 4.09. The van der Waals surface area contributed by atoms with E-state index >= 15 is 0 Å². The Morgan fingerprint density at radius 2 is 2.00 bits per heavy atom.